The molecule has 1 aliphatic rings. The lowest BCUT2D eigenvalue weighted by Crippen LogP contribution is -2.46. The Morgan fingerprint density at radius 3 is 2.30 bits per heavy atom. The molecule has 5 heteroatoms. The van der Waals surface area contributed by atoms with Gasteiger partial charge in [-0.2, -0.15) is 0 Å². The number of likely N-dealkylation sites (N-methyl/N-ethyl adjacent to an activating group) is 1. The van der Waals surface area contributed by atoms with Crippen molar-refractivity contribution >= 4 is 21.3 Å². The highest BCUT2D eigenvalue weighted by Crippen LogP contribution is 2.42. The molecule has 1 atom stereocenters. The van der Waals surface area contributed by atoms with Crippen LogP contribution in [0.4, 0.5) is 5.69 Å². The molecule has 2 rings (SSSR count). The van der Waals surface area contributed by atoms with Crippen molar-refractivity contribution in [3.8, 4) is 0 Å². The lowest BCUT2D eigenvalue weighted by molar-refractivity contribution is 0.553. The molecule has 0 saturated heterocycles. The van der Waals surface area contributed by atoms with Crippen molar-refractivity contribution < 1.29 is 8.42 Å². The van der Waals surface area contributed by atoms with Crippen LogP contribution in [0, 0.1) is 0 Å². The van der Waals surface area contributed by atoms with Crippen LogP contribution in [0.3, 0.4) is 0 Å². The van der Waals surface area contributed by atoms with Crippen LogP contribution in [-0.2, 0) is 10.0 Å². The normalized spacial score (nSPS) is 17.4. The van der Waals surface area contributed by atoms with Gasteiger partial charge in [0.25, 0.3) is 0 Å². The van der Waals surface area contributed by atoms with Crippen LogP contribution in [0.5, 0.6) is 0 Å². The third-order valence-corrected chi connectivity index (χ3v) is 6.87. The Labute approximate surface area is 165 Å². The maximum absolute atomic E-state index is 12.5. The maximum Gasteiger partial charge on any atom is 0.216 e. The molecule has 0 bridgehead atoms. The van der Waals surface area contributed by atoms with Gasteiger partial charge in [-0.05, 0) is 38.8 Å². The maximum atomic E-state index is 12.5. The highest BCUT2D eigenvalue weighted by Gasteiger charge is 2.36. The number of primary sulfonamides is 1. The Bertz CT molecular complexity index is 753. The monoisotopic (exact) mass is 392 g/mol. The summed E-state index contributed by atoms with van der Waals surface area (Å²) >= 11 is 0. The van der Waals surface area contributed by atoms with E-state index in [-0.39, 0.29) is 5.54 Å². The van der Waals surface area contributed by atoms with Crippen LogP contribution in [0.2, 0.25) is 0 Å². The first-order valence-corrected chi connectivity index (χ1v) is 11.9. The molecule has 0 fully saturated rings. The number of hydrogen-bond acceptors (Lipinski definition) is 3. The minimum absolute atomic E-state index is 0.248. The standard InChI is InChI=1S/C22H36N2O2S/c1-5-7-8-9-10-11-16-21(27(23,25)26)19-17-22(3,4)24(6-2)20-15-13-12-14-18(19)20/h12-15,17,21H,5-11,16H2,1-4H3,(H2,23,25,26). The molecule has 4 nitrogen and oxygen atoms in total. The molecule has 152 valence electrons. The van der Waals surface area contributed by atoms with E-state index >= 15 is 0 Å². The van der Waals surface area contributed by atoms with Gasteiger partial charge >= 0.3 is 0 Å². The van der Waals surface area contributed by atoms with E-state index < -0.39 is 15.3 Å². The Balaban J connectivity index is 2.30. The van der Waals surface area contributed by atoms with Gasteiger partial charge in [0.1, 0.15) is 5.25 Å². The van der Waals surface area contributed by atoms with E-state index in [9.17, 15) is 8.42 Å². The van der Waals surface area contributed by atoms with Gasteiger partial charge in [-0.1, -0.05) is 69.7 Å². The predicted octanol–water partition coefficient (Wildman–Crippen LogP) is 5.10. The number of fused-ring (bicyclic) bond motifs is 1. The van der Waals surface area contributed by atoms with Crippen molar-refractivity contribution in [3.63, 3.8) is 0 Å². The fourth-order valence-corrected chi connectivity index (χ4v) is 5.29. The lowest BCUT2D eigenvalue weighted by Gasteiger charge is -2.44. The molecule has 2 N–H and O–H groups in total. The third kappa shape index (κ3) is 5.35. The highest BCUT2D eigenvalue weighted by atomic mass is 32.2. The van der Waals surface area contributed by atoms with E-state index in [1.807, 2.05) is 18.2 Å². The van der Waals surface area contributed by atoms with Crippen molar-refractivity contribution in [2.24, 2.45) is 5.14 Å². The number of sulfonamides is 1. The molecule has 0 radical (unpaired) electrons. The lowest BCUT2D eigenvalue weighted by atomic mass is 9.85. The van der Waals surface area contributed by atoms with Crippen molar-refractivity contribution in [1.82, 2.24) is 0 Å². The summed E-state index contributed by atoms with van der Waals surface area (Å²) in [7, 11) is -3.67. The third-order valence-electron chi connectivity index (χ3n) is 5.59. The number of benzene rings is 1. The largest absolute Gasteiger partial charge is 0.363 e. The highest BCUT2D eigenvalue weighted by molar-refractivity contribution is 7.90. The molecule has 1 unspecified atom stereocenters. The fourth-order valence-electron chi connectivity index (χ4n) is 4.25. The molecule has 0 aliphatic carbocycles. The van der Waals surface area contributed by atoms with Crippen LogP contribution in [0.25, 0.3) is 5.57 Å². The Hall–Kier alpha value is -1.33. The van der Waals surface area contributed by atoms with E-state index in [0.29, 0.717) is 6.42 Å². The minimum atomic E-state index is -3.67. The summed E-state index contributed by atoms with van der Waals surface area (Å²) in [5.41, 5.74) is 2.72. The van der Waals surface area contributed by atoms with E-state index in [1.54, 1.807) is 0 Å². The first-order valence-electron chi connectivity index (χ1n) is 10.3. The molecule has 0 aromatic heterocycles. The van der Waals surface area contributed by atoms with Gasteiger partial charge < -0.3 is 4.90 Å². The number of hydrogen-bond donors (Lipinski definition) is 1. The van der Waals surface area contributed by atoms with E-state index in [1.165, 1.54) is 19.3 Å². The second-order valence-electron chi connectivity index (χ2n) is 8.15. The van der Waals surface area contributed by atoms with Crippen molar-refractivity contribution in [2.75, 3.05) is 11.4 Å². The summed E-state index contributed by atoms with van der Waals surface area (Å²) in [6.45, 7) is 9.47. The molecule has 1 aromatic rings. The van der Waals surface area contributed by atoms with Gasteiger partial charge in [0.15, 0.2) is 0 Å². The molecule has 0 amide bonds. The van der Waals surface area contributed by atoms with Crippen molar-refractivity contribution in [3.05, 3.63) is 35.9 Å². The van der Waals surface area contributed by atoms with Gasteiger partial charge in [-0.25, -0.2) is 13.6 Å². The average molecular weight is 393 g/mol. The second-order valence-corrected chi connectivity index (χ2v) is 9.90. The van der Waals surface area contributed by atoms with Gasteiger partial charge in [0.05, 0.1) is 5.54 Å². The predicted molar refractivity (Wildman–Crippen MR) is 116 cm³/mol. The molecule has 27 heavy (non-hydrogen) atoms. The minimum Gasteiger partial charge on any atom is -0.363 e. The van der Waals surface area contributed by atoms with Crippen LogP contribution >= 0.6 is 0 Å². The molecule has 0 spiro atoms. The zero-order chi connectivity index (χ0) is 20.1. The summed E-state index contributed by atoms with van der Waals surface area (Å²) in [5, 5.41) is 5.07. The number of unbranched alkanes of at least 4 members (excludes halogenated alkanes) is 5. The van der Waals surface area contributed by atoms with Gasteiger partial charge in [0, 0.05) is 17.8 Å². The zero-order valence-corrected chi connectivity index (χ0v) is 18.2. The second kappa shape index (κ2) is 9.24. The quantitative estimate of drug-likeness (QED) is 0.564. The first kappa shape index (κ1) is 22.0. The van der Waals surface area contributed by atoms with Crippen LogP contribution in [-0.4, -0.2) is 25.8 Å². The average Bonchev–Trinajstić information content (AvgIpc) is 2.59. The SMILES string of the molecule is CCCCCCCCC(C1=CC(C)(C)N(CC)c2ccccc21)S(N)(=O)=O. The van der Waals surface area contributed by atoms with E-state index in [4.69, 9.17) is 5.14 Å². The molecule has 1 aliphatic heterocycles. The number of rotatable bonds is 10. The van der Waals surface area contributed by atoms with Crippen molar-refractivity contribution in [1.29, 1.82) is 0 Å². The summed E-state index contributed by atoms with van der Waals surface area (Å²) in [6, 6.07) is 8.10. The fraction of sp³-hybridized carbons (Fsp3) is 0.636. The molecule has 1 heterocycles. The summed E-state index contributed by atoms with van der Waals surface area (Å²) in [4.78, 5) is 2.32. The Kier molecular flexibility index (Phi) is 7.52. The summed E-state index contributed by atoms with van der Waals surface area (Å²) in [6.07, 6.45) is 9.51. The smallest absolute Gasteiger partial charge is 0.216 e. The molecular formula is C22H36N2O2S. The van der Waals surface area contributed by atoms with Crippen LogP contribution in [0.1, 0.15) is 78.2 Å². The number of nitrogens with zero attached hydrogens (tertiary/aromatic N) is 1. The van der Waals surface area contributed by atoms with Gasteiger partial charge in [-0.15, -0.1) is 0 Å². The summed E-state index contributed by atoms with van der Waals surface area (Å²) in [5.74, 6) is 0. The number of para-hydroxylation sites is 1. The molecule has 0 saturated carbocycles. The van der Waals surface area contributed by atoms with Crippen molar-refractivity contribution in [2.45, 2.75) is 83.4 Å². The van der Waals surface area contributed by atoms with Crippen LogP contribution < -0.4 is 10.0 Å². The molecule has 1 aromatic carbocycles. The first-order chi connectivity index (χ1) is 12.7. The topological polar surface area (TPSA) is 63.4 Å². The van der Waals surface area contributed by atoms with E-state index in [2.05, 4.69) is 44.7 Å². The summed E-state index contributed by atoms with van der Waals surface area (Å²) < 4.78 is 25.0. The Morgan fingerprint density at radius 1 is 1.04 bits per heavy atom. The van der Waals surface area contributed by atoms with Gasteiger partial charge in [0.2, 0.25) is 10.0 Å². The van der Waals surface area contributed by atoms with Gasteiger partial charge in [-0.3, -0.25) is 0 Å². The number of anilines is 1. The van der Waals surface area contributed by atoms with E-state index in [0.717, 1.165) is 42.6 Å². The number of nitrogens with two attached hydrogens (primary N) is 1. The zero-order valence-electron chi connectivity index (χ0n) is 17.4. The Morgan fingerprint density at radius 2 is 1.67 bits per heavy atom. The van der Waals surface area contributed by atoms with Crippen LogP contribution in [0.15, 0.2) is 30.3 Å². The molecular weight excluding hydrogens is 356 g/mol.